The number of aliphatic hydroxyl groups is 1. The second-order valence-corrected chi connectivity index (χ2v) is 7.65. The Kier molecular flexibility index (Phi) is 3.67. The molecule has 5 rings (SSSR count). The van der Waals surface area contributed by atoms with Gasteiger partial charge in [0.15, 0.2) is 5.85 Å². The van der Waals surface area contributed by atoms with Gasteiger partial charge in [0, 0.05) is 18.5 Å². The summed E-state index contributed by atoms with van der Waals surface area (Å²) in [4.78, 5) is 14.4. The fraction of sp³-hybridized carbons (Fsp3) is 0.381. The molecule has 1 unspecified atom stereocenters. The summed E-state index contributed by atoms with van der Waals surface area (Å²) >= 11 is 0. The van der Waals surface area contributed by atoms with Crippen molar-refractivity contribution >= 4 is 5.97 Å². The van der Waals surface area contributed by atoms with Crippen LogP contribution in [0.15, 0.2) is 60.7 Å². The first-order valence-electron chi connectivity index (χ1n) is 9.28. The quantitative estimate of drug-likeness (QED) is 0.770. The molecule has 3 heterocycles. The van der Waals surface area contributed by atoms with Gasteiger partial charge >= 0.3 is 5.97 Å². The Morgan fingerprint density at radius 2 is 1.70 bits per heavy atom. The van der Waals surface area contributed by atoms with Gasteiger partial charge in [0.05, 0.1) is 6.61 Å². The molecule has 6 heteroatoms. The van der Waals surface area contributed by atoms with Crippen LogP contribution in [0.2, 0.25) is 0 Å². The van der Waals surface area contributed by atoms with Crippen LogP contribution in [-0.4, -0.2) is 46.1 Å². The van der Waals surface area contributed by atoms with Crippen molar-refractivity contribution in [2.75, 3.05) is 13.2 Å². The van der Waals surface area contributed by atoms with Crippen LogP contribution < -0.4 is 5.32 Å². The van der Waals surface area contributed by atoms with E-state index in [0.717, 1.165) is 11.1 Å². The average molecular weight is 366 g/mol. The zero-order chi connectivity index (χ0) is 18.6. The molecular formula is C21H22N2O4. The van der Waals surface area contributed by atoms with E-state index in [2.05, 4.69) is 5.32 Å². The van der Waals surface area contributed by atoms with Crippen molar-refractivity contribution in [3.05, 3.63) is 71.8 Å². The second-order valence-electron chi connectivity index (χ2n) is 7.65. The molecule has 140 valence electrons. The summed E-state index contributed by atoms with van der Waals surface area (Å²) in [6.07, 6.45) is -0.126. The largest absolute Gasteiger partial charge is 0.481 e. The Labute approximate surface area is 157 Å². The standard InChI is InChI=1S/C21H22N2O4/c24-19(25)20-11-16-13-27-18(15-9-5-2-6-10-15)23(16)21(20,26)22-12-17(20)14-7-3-1-4-8-14/h1-10,16-18,22,26H,11-13H2,(H,24,25)/t16-,17?,18+,20-,21+/m1/s1. The van der Waals surface area contributed by atoms with Crippen LogP contribution in [-0.2, 0) is 9.53 Å². The van der Waals surface area contributed by atoms with E-state index < -0.39 is 23.5 Å². The van der Waals surface area contributed by atoms with Crippen LogP contribution in [0.25, 0.3) is 0 Å². The summed E-state index contributed by atoms with van der Waals surface area (Å²) in [5.74, 6) is -2.95. The predicted octanol–water partition coefficient (Wildman–Crippen LogP) is 1.89. The highest BCUT2D eigenvalue weighted by Gasteiger charge is 2.75. The van der Waals surface area contributed by atoms with Gasteiger partial charge in [0.1, 0.15) is 11.6 Å². The lowest BCUT2D eigenvalue weighted by Crippen LogP contribution is -2.62. The van der Waals surface area contributed by atoms with Crippen LogP contribution in [0.3, 0.4) is 0 Å². The molecule has 3 aliphatic rings. The van der Waals surface area contributed by atoms with Crippen molar-refractivity contribution < 1.29 is 19.7 Å². The van der Waals surface area contributed by atoms with Crippen molar-refractivity contribution in [1.82, 2.24) is 10.2 Å². The number of nitrogens with zero attached hydrogens (tertiary/aromatic N) is 1. The molecule has 2 aromatic carbocycles. The molecule has 0 bridgehead atoms. The van der Waals surface area contributed by atoms with E-state index in [1.807, 2.05) is 65.6 Å². The van der Waals surface area contributed by atoms with Crippen LogP contribution in [0, 0.1) is 5.41 Å². The Morgan fingerprint density at radius 3 is 2.33 bits per heavy atom. The van der Waals surface area contributed by atoms with Crippen LogP contribution in [0.4, 0.5) is 0 Å². The third-order valence-electron chi connectivity index (χ3n) is 6.46. The molecule has 2 aromatic rings. The van der Waals surface area contributed by atoms with Gasteiger partial charge in [-0.25, -0.2) is 4.90 Å². The molecule has 3 saturated heterocycles. The van der Waals surface area contributed by atoms with Gasteiger partial charge in [0.2, 0.25) is 0 Å². The van der Waals surface area contributed by atoms with Crippen molar-refractivity contribution in [2.45, 2.75) is 30.5 Å². The first-order valence-corrected chi connectivity index (χ1v) is 9.28. The Hall–Kier alpha value is -2.25. The lowest BCUT2D eigenvalue weighted by atomic mass is 9.70. The highest BCUT2D eigenvalue weighted by Crippen LogP contribution is 2.61. The molecule has 3 fully saturated rings. The molecule has 5 atom stereocenters. The Balaban J connectivity index is 1.61. The van der Waals surface area contributed by atoms with Crippen molar-refractivity contribution in [2.24, 2.45) is 5.41 Å². The molecule has 0 radical (unpaired) electrons. The SMILES string of the molecule is O=C(O)[C@]12C[C@@H]3CO[C@@H](c4ccccc4)N3[C@@]1(O)NCC2c1ccccc1. The predicted molar refractivity (Wildman–Crippen MR) is 97.6 cm³/mol. The third-order valence-corrected chi connectivity index (χ3v) is 6.46. The number of carboxylic acids is 1. The van der Waals surface area contributed by atoms with E-state index in [0.29, 0.717) is 19.6 Å². The molecule has 3 aliphatic heterocycles. The smallest absolute Gasteiger partial charge is 0.316 e. The maximum absolute atomic E-state index is 12.6. The number of aliphatic carboxylic acids is 1. The normalized spacial score (nSPS) is 37.9. The van der Waals surface area contributed by atoms with Gasteiger partial charge in [-0.3, -0.25) is 10.1 Å². The van der Waals surface area contributed by atoms with Gasteiger partial charge in [0.25, 0.3) is 0 Å². The molecule has 6 nitrogen and oxygen atoms in total. The Morgan fingerprint density at radius 1 is 1.07 bits per heavy atom. The number of hydrogen-bond donors (Lipinski definition) is 3. The van der Waals surface area contributed by atoms with E-state index in [-0.39, 0.29) is 12.0 Å². The monoisotopic (exact) mass is 366 g/mol. The number of benzene rings is 2. The lowest BCUT2D eigenvalue weighted by Gasteiger charge is -2.41. The van der Waals surface area contributed by atoms with Gasteiger partial charge in [-0.05, 0) is 17.5 Å². The minimum absolute atomic E-state index is 0.157. The summed E-state index contributed by atoms with van der Waals surface area (Å²) in [6, 6.07) is 19.1. The number of carboxylic acid groups (broad SMARTS) is 1. The second kappa shape index (κ2) is 5.87. The van der Waals surface area contributed by atoms with E-state index in [9.17, 15) is 15.0 Å². The molecule has 0 spiro atoms. The fourth-order valence-electron chi connectivity index (χ4n) is 5.29. The number of fused-ring (bicyclic) bond motifs is 3. The van der Waals surface area contributed by atoms with Gasteiger partial charge in [-0.1, -0.05) is 60.7 Å². The number of hydrogen-bond acceptors (Lipinski definition) is 5. The zero-order valence-electron chi connectivity index (χ0n) is 14.8. The molecular weight excluding hydrogens is 344 g/mol. The van der Waals surface area contributed by atoms with Crippen molar-refractivity contribution in [1.29, 1.82) is 0 Å². The molecule has 27 heavy (non-hydrogen) atoms. The Bertz CT molecular complexity index is 861. The zero-order valence-corrected chi connectivity index (χ0v) is 14.8. The fourth-order valence-corrected chi connectivity index (χ4v) is 5.29. The van der Waals surface area contributed by atoms with Crippen molar-refractivity contribution in [3.63, 3.8) is 0 Å². The van der Waals surface area contributed by atoms with E-state index in [1.165, 1.54) is 0 Å². The minimum Gasteiger partial charge on any atom is -0.481 e. The molecule has 0 saturated carbocycles. The van der Waals surface area contributed by atoms with Crippen LogP contribution in [0.1, 0.15) is 29.7 Å². The first-order chi connectivity index (χ1) is 13.1. The summed E-state index contributed by atoms with van der Waals surface area (Å²) in [7, 11) is 0. The highest BCUT2D eigenvalue weighted by molar-refractivity contribution is 5.79. The number of ether oxygens (including phenoxy) is 1. The van der Waals surface area contributed by atoms with Gasteiger partial charge < -0.3 is 14.9 Å². The van der Waals surface area contributed by atoms with Crippen LogP contribution in [0.5, 0.6) is 0 Å². The number of rotatable bonds is 3. The highest BCUT2D eigenvalue weighted by atomic mass is 16.5. The molecule has 0 amide bonds. The molecule has 0 aromatic heterocycles. The summed E-state index contributed by atoms with van der Waals surface area (Å²) in [5, 5.41) is 25.2. The summed E-state index contributed by atoms with van der Waals surface area (Å²) in [5.41, 5.74) is 0.525. The first kappa shape index (κ1) is 16.9. The maximum Gasteiger partial charge on any atom is 0.316 e. The number of nitrogens with one attached hydrogen (secondary N) is 1. The minimum atomic E-state index is -1.67. The summed E-state index contributed by atoms with van der Waals surface area (Å²) < 4.78 is 5.98. The number of carbonyl (C=O) groups is 1. The van der Waals surface area contributed by atoms with Gasteiger partial charge in [-0.2, -0.15) is 0 Å². The van der Waals surface area contributed by atoms with E-state index in [1.54, 1.807) is 0 Å². The molecule has 0 aliphatic carbocycles. The third kappa shape index (κ3) is 2.12. The lowest BCUT2D eigenvalue weighted by molar-refractivity contribution is -0.207. The maximum atomic E-state index is 12.6. The van der Waals surface area contributed by atoms with E-state index in [4.69, 9.17) is 4.74 Å². The van der Waals surface area contributed by atoms with Gasteiger partial charge in [-0.15, -0.1) is 0 Å². The van der Waals surface area contributed by atoms with Crippen molar-refractivity contribution in [3.8, 4) is 0 Å². The summed E-state index contributed by atoms with van der Waals surface area (Å²) in [6.45, 7) is 0.803. The topological polar surface area (TPSA) is 82.0 Å². The molecule has 3 N–H and O–H groups in total. The van der Waals surface area contributed by atoms with Crippen LogP contribution >= 0.6 is 0 Å². The van der Waals surface area contributed by atoms with E-state index >= 15 is 0 Å². The average Bonchev–Trinajstić information content (AvgIpc) is 3.30.